The monoisotopic (exact) mass is 291 g/mol. The summed E-state index contributed by atoms with van der Waals surface area (Å²) in [5.74, 6) is -0.723. The van der Waals surface area contributed by atoms with Crippen molar-refractivity contribution >= 4 is 11.9 Å². The number of nitrogens with zero attached hydrogens (tertiary/aromatic N) is 1. The van der Waals surface area contributed by atoms with Gasteiger partial charge in [0.1, 0.15) is 6.54 Å². The van der Waals surface area contributed by atoms with E-state index in [1.807, 2.05) is 52.0 Å². The number of carbonyl (C=O) groups is 2. The Morgan fingerprint density at radius 1 is 1.19 bits per heavy atom. The number of amides is 1. The summed E-state index contributed by atoms with van der Waals surface area (Å²) in [6.45, 7) is 8.25. The number of carboxylic acids is 1. The van der Waals surface area contributed by atoms with Crippen LogP contribution in [-0.4, -0.2) is 35.0 Å². The quantitative estimate of drug-likeness (QED) is 0.840. The zero-order chi connectivity index (χ0) is 16.0. The number of carbonyl (C=O) groups excluding carboxylic acids is 1. The summed E-state index contributed by atoms with van der Waals surface area (Å²) in [5, 5.41) is 8.95. The maximum atomic E-state index is 12.4. The predicted octanol–water partition coefficient (Wildman–Crippen LogP) is 3.06. The van der Waals surface area contributed by atoms with Crippen molar-refractivity contribution in [3.05, 3.63) is 35.4 Å². The molecule has 1 aromatic rings. The average molecular weight is 291 g/mol. The molecular weight excluding hydrogens is 266 g/mol. The van der Waals surface area contributed by atoms with Crippen LogP contribution >= 0.6 is 0 Å². The van der Waals surface area contributed by atoms with Gasteiger partial charge in [-0.2, -0.15) is 0 Å². The number of carboxylic acid groups (broad SMARTS) is 1. The Morgan fingerprint density at radius 3 is 2.33 bits per heavy atom. The van der Waals surface area contributed by atoms with Gasteiger partial charge in [-0.05, 0) is 29.9 Å². The van der Waals surface area contributed by atoms with Crippen LogP contribution in [-0.2, 0) is 9.59 Å². The van der Waals surface area contributed by atoms with Crippen LogP contribution in [0.1, 0.15) is 44.2 Å². The molecule has 1 rings (SSSR count). The number of hydrogen-bond donors (Lipinski definition) is 1. The zero-order valence-electron chi connectivity index (χ0n) is 13.3. The molecule has 0 aliphatic heterocycles. The summed E-state index contributed by atoms with van der Waals surface area (Å²) in [6.07, 6.45) is 0.338. The highest BCUT2D eigenvalue weighted by Gasteiger charge is 2.21. The first kappa shape index (κ1) is 17.2. The number of aliphatic carboxylic acids is 1. The molecule has 0 heterocycles. The molecule has 4 nitrogen and oxygen atoms in total. The van der Waals surface area contributed by atoms with Crippen molar-refractivity contribution in [3.63, 3.8) is 0 Å². The molecule has 21 heavy (non-hydrogen) atoms. The normalized spacial score (nSPS) is 12.2. The molecule has 1 unspecified atom stereocenters. The van der Waals surface area contributed by atoms with Crippen LogP contribution in [0.25, 0.3) is 0 Å². The molecule has 0 aromatic heterocycles. The summed E-state index contributed by atoms with van der Waals surface area (Å²) >= 11 is 0. The van der Waals surface area contributed by atoms with Gasteiger partial charge >= 0.3 is 5.97 Å². The topological polar surface area (TPSA) is 57.6 Å². The molecule has 1 amide bonds. The summed E-state index contributed by atoms with van der Waals surface area (Å²) < 4.78 is 0. The van der Waals surface area contributed by atoms with Crippen molar-refractivity contribution in [1.29, 1.82) is 0 Å². The number of benzene rings is 1. The van der Waals surface area contributed by atoms with Crippen molar-refractivity contribution < 1.29 is 14.7 Å². The first-order valence-corrected chi connectivity index (χ1v) is 7.36. The summed E-state index contributed by atoms with van der Waals surface area (Å²) in [7, 11) is 0. The van der Waals surface area contributed by atoms with E-state index in [1.54, 1.807) is 0 Å². The molecule has 1 aromatic carbocycles. The van der Waals surface area contributed by atoms with Crippen LogP contribution in [0, 0.1) is 12.8 Å². The third-order valence-electron chi connectivity index (χ3n) is 3.46. The van der Waals surface area contributed by atoms with Crippen LogP contribution in [0.15, 0.2) is 24.3 Å². The standard InChI is InChI=1S/C17H25NO3/c1-12(2)10-18(11-17(20)21)16(19)9-14(4)15-8-6-5-7-13(15)3/h5-8,12,14H,9-11H2,1-4H3,(H,20,21). The fraction of sp³-hybridized carbons (Fsp3) is 0.529. The van der Waals surface area contributed by atoms with E-state index in [1.165, 1.54) is 4.90 Å². The van der Waals surface area contributed by atoms with Gasteiger partial charge in [0.2, 0.25) is 5.91 Å². The zero-order valence-corrected chi connectivity index (χ0v) is 13.3. The van der Waals surface area contributed by atoms with Gasteiger partial charge in [-0.25, -0.2) is 0 Å². The Bertz CT molecular complexity index is 497. The van der Waals surface area contributed by atoms with Crippen molar-refractivity contribution in [3.8, 4) is 0 Å². The SMILES string of the molecule is Cc1ccccc1C(C)CC(=O)N(CC(=O)O)CC(C)C. The first-order valence-electron chi connectivity index (χ1n) is 7.36. The minimum absolute atomic E-state index is 0.0853. The molecule has 4 heteroatoms. The van der Waals surface area contributed by atoms with E-state index in [4.69, 9.17) is 5.11 Å². The molecular formula is C17H25NO3. The molecule has 1 N–H and O–H groups in total. The van der Waals surface area contributed by atoms with E-state index in [0.717, 1.165) is 11.1 Å². The fourth-order valence-corrected chi connectivity index (χ4v) is 2.50. The molecule has 0 fully saturated rings. The molecule has 0 saturated carbocycles. The average Bonchev–Trinajstić information content (AvgIpc) is 2.37. The highest BCUT2D eigenvalue weighted by molar-refractivity contribution is 5.82. The largest absolute Gasteiger partial charge is 0.480 e. The van der Waals surface area contributed by atoms with Gasteiger partial charge in [0, 0.05) is 13.0 Å². The van der Waals surface area contributed by atoms with Crippen molar-refractivity contribution in [1.82, 2.24) is 4.90 Å². The van der Waals surface area contributed by atoms with Crippen LogP contribution < -0.4 is 0 Å². The van der Waals surface area contributed by atoms with E-state index >= 15 is 0 Å². The highest BCUT2D eigenvalue weighted by Crippen LogP contribution is 2.23. The van der Waals surface area contributed by atoms with Crippen LogP contribution in [0.5, 0.6) is 0 Å². The maximum Gasteiger partial charge on any atom is 0.323 e. The number of rotatable bonds is 7. The van der Waals surface area contributed by atoms with E-state index in [-0.39, 0.29) is 24.3 Å². The second-order valence-corrected chi connectivity index (χ2v) is 6.02. The van der Waals surface area contributed by atoms with Crippen LogP contribution in [0.3, 0.4) is 0 Å². The molecule has 116 valence electrons. The van der Waals surface area contributed by atoms with Gasteiger partial charge in [-0.15, -0.1) is 0 Å². The Balaban J connectivity index is 2.76. The van der Waals surface area contributed by atoms with Crippen LogP contribution in [0.2, 0.25) is 0 Å². The molecule has 1 atom stereocenters. The lowest BCUT2D eigenvalue weighted by Crippen LogP contribution is -2.38. The fourth-order valence-electron chi connectivity index (χ4n) is 2.50. The second-order valence-electron chi connectivity index (χ2n) is 6.02. The van der Waals surface area contributed by atoms with Gasteiger partial charge in [0.25, 0.3) is 0 Å². The summed E-state index contributed by atoms with van der Waals surface area (Å²) in [4.78, 5) is 24.7. The second kappa shape index (κ2) is 7.81. The van der Waals surface area contributed by atoms with Crippen molar-refractivity contribution in [2.45, 2.75) is 40.0 Å². The van der Waals surface area contributed by atoms with E-state index < -0.39 is 5.97 Å². The van der Waals surface area contributed by atoms with Gasteiger partial charge in [-0.1, -0.05) is 45.0 Å². The molecule has 0 saturated heterocycles. The Morgan fingerprint density at radius 2 is 1.81 bits per heavy atom. The summed E-state index contributed by atoms with van der Waals surface area (Å²) in [5.41, 5.74) is 2.30. The Kier molecular flexibility index (Phi) is 6.40. The number of aryl methyl sites for hydroxylation is 1. The molecule has 0 radical (unpaired) electrons. The maximum absolute atomic E-state index is 12.4. The smallest absolute Gasteiger partial charge is 0.323 e. The van der Waals surface area contributed by atoms with E-state index in [0.29, 0.717) is 13.0 Å². The summed E-state index contributed by atoms with van der Waals surface area (Å²) in [6, 6.07) is 7.99. The van der Waals surface area contributed by atoms with Gasteiger partial charge in [0.05, 0.1) is 0 Å². The molecule has 0 spiro atoms. The molecule has 0 aliphatic carbocycles. The van der Waals surface area contributed by atoms with Crippen molar-refractivity contribution in [2.24, 2.45) is 5.92 Å². The van der Waals surface area contributed by atoms with Gasteiger partial charge in [-0.3, -0.25) is 9.59 Å². The molecule has 0 bridgehead atoms. The lowest BCUT2D eigenvalue weighted by molar-refractivity contribution is -0.145. The lowest BCUT2D eigenvalue weighted by Gasteiger charge is -2.24. The molecule has 0 aliphatic rings. The van der Waals surface area contributed by atoms with Crippen molar-refractivity contribution in [2.75, 3.05) is 13.1 Å². The Hall–Kier alpha value is -1.84. The third-order valence-corrected chi connectivity index (χ3v) is 3.46. The number of hydrogen-bond acceptors (Lipinski definition) is 2. The van der Waals surface area contributed by atoms with Gasteiger partial charge in [0.15, 0.2) is 0 Å². The van der Waals surface area contributed by atoms with E-state index in [2.05, 4.69) is 0 Å². The Labute approximate surface area is 126 Å². The predicted molar refractivity (Wildman–Crippen MR) is 83.3 cm³/mol. The van der Waals surface area contributed by atoms with Crippen LogP contribution in [0.4, 0.5) is 0 Å². The lowest BCUT2D eigenvalue weighted by atomic mass is 9.93. The minimum Gasteiger partial charge on any atom is -0.480 e. The third kappa shape index (κ3) is 5.58. The first-order chi connectivity index (χ1) is 9.81. The highest BCUT2D eigenvalue weighted by atomic mass is 16.4. The van der Waals surface area contributed by atoms with Gasteiger partial charge < -0.3 is 10.0 Å². The van der Waals surface area contributed by atoms with E-state index in [9.17, 15) is 9.59 Å². The minimum atomic E-state index is -0.965.